The molecule has 1 aromatic heterocycles. The maximum Gasteiger partial charge on any atom is 0.432 e. The smallest absolute Gasteiger partial charge is 0.410 e. The van der Waals surface area contributed by atoms with Crippen molar-refractivity contribution in [2.24, 2.45) is 0 Å². The van der Waals surface area contributed by atoms with E-state index in [2.05, 4.69) is 81.7 Å². The Balaban J connectivity index is 1.35. The number of pyridine rings is 1. The first-order chi connectivity index (χ1) is 36.4. The number of aromatic nitrogens is 1. The molecule has 2 atom stereocenters. The molecule has 6 aromatic carbocycles. The van der Waals surface area contributed by atoms with Crippen molar-refractivity contribution < 1.29 is 29.9 Å². The molecule has 1 spiro atoms. The summed E-state index contributed by atoms with van der Waals surface area (Å²) in [5.41, 5.74) is 4.33. The minimum absolute atomic E-state index is 0.00744. The quantitative estimate of drug-likeness (QED) is 0.165. The van der Waals surface area contributed by atoms with Gasteiger partial charge in [-0.3, -0.25) is 0 Å². The van der Waals surface area contributed by atoms with Gasteiger partial charge in [-0.15, -0.1) is 4.57 Å². The summed E-state index contributed by atoms with van der Waals surface area (Å²) in [4.78, 5) is 4.25. The second-order valence-corrected chi connectivity index (χ2v) is 20.6. The van der Waals surface area contributed by atoms with Crippen LogP contribution in [-0.4, -0.2) is 0 Å². The lowest BCUT2D eigenvalue weighted by atomic mass is 9.77. The fraction of sp³-hybridized carbons (Fsp3) is 0.317. The maximum absolute atomic E-state index is 9.24. The number of fused-ring (bicyclic) bond motifs is 5. The molecule has 4 nitrogen and oxygen atoms in total. The summed E-state index contributed by atoms with van der Waals surface area (Å²) in [6, 6.07) is 39.8. The van der Waals surface area contributed by atoms with Crippen molar-refractivity contribution in [3.63, 3.8) is 0 Å². The molecule has 322 valence electrons. The van der Waals surface area contributed by atoms with Crippen molar-refractivity contribution in [2.45, 2.75) is 123 Å². The SMILES string of the molecule is [2H]C([2H])([2H])c1ccc(-c2cc[n+]3c(c2)-c2cc(C(C)(C)C)cc4c2C32Oc3c(cc(C(C)(C)C([2H])([2H])[2H])cc3C(C([2H])([2H])[2H])(C([2H])([2H])[2H])C([2H])([2H])[2H])C3N(c5ccc(C(C)(C)C)cc5-c5ccccc5)c5cccc-4c5N32)cc1. The van der Waals surface area contributed by atoms with Crippen LogP contribution in [0.4, 0.5) is 17.1 Å². The first kappa shape index (κ1) is 27.3. The third kappa shape index (κ3) is 5.76. The van der Waals surface area contributed by atoms with Crippen LogP contribution < -0.4 is 19.1 Å². The van der Waals surface area contributed by atoms with Crippen LogP contribution in [0.2, 0.25) is 0 Å². The van der Waals surface area contributed by atoms with Crippen molar-refractivity contribution in [1.29, 1.82) is 0 Å². The molecule has 0 fully saturated rings. The van der Waals surface area contributed by atoms with Gasteiger partial charge < -0.3 is 9.64 Å². The van der Waals surface area contributed by atoms with Crippen molar-refractivity contribution in [3.05, 3.63) is 173 Å². The number of aryl methyl sites for hydroxylation is 1. The Bertz CT molecular complexity index is 3620. The highest BCUT2D eigenvalue weighted by Gasteiger charge is 2.70. The molecule has 0 aliphatic carbocycles. The van der Waals surface area contributed by atoms with Gasteiger partial charge in [0.15, 0.2) is 6.20 Å². The number of para-hydroxylation sites is 1. The Hall–Kier alpha value is -6.13. The van der Waals surface area contributed by atoms with E-state index in [1.807, 2.05) is 71.4 Å². The Kier molecular flexibility index (Phi) is 5.63. The van der Waals surface area contributed by atoms with E-state index < -0.39 is 68.1 Å². The summed E-state index contributed by atoms with van der Waals surface area (Å²) in [6.45, 7) is -0.778. The zero-order chi connectivity index (χ0) is 57.5. The van der Waals surface area contributed by atoms with E-state index in [4.69, 9.17) is 13.0 Å². The van der Waals surface area contributed by atoms with Gasteiger partial charge >= 0.3 is 5.85 Å². The lowest BCUT2D eigenvalue weighted by Gasteiger charge is -2.49. The highest BCUT2D eigenvalue weighted by Crippen LogP contribution is 2.68. The van der Waals surface area contributed by atoms with Crippen molar-refractivity contribution in [1.82, 2.24) is 0 Å². The van der Waals surface area contributed by atoms with Gasteiger partial charge in [0, 0.05) is 60.5 Å². The molecular formula is C60H62N3O+. The Morgan fingerprint density at radius 2 is 1.27 bits per heavy atom. The second-order valence-electron chi connectivity index (χ2n) is 20.6. The molecule has 64 heavy (non-hydrogen) atoms. The minimum atomic E-state index is -3.78. The average molecular weight is 856 g/mol. The largest absolute Gasteiger partial charge is 0.432 e. The van der Waals surface area contributed by atoms with E-state index in [0.717, 1.165) is 56.1 Å². The van der Waals surface area contributed by atoms with Gasteiger partial charge in [-0.2, -0.15) is 0 Å². The van der Waals surface area contributed by atoms with Crippen LogP contribution >= 0.6 is 0 Å². The summed E-state index contributed by atoms with van der Waals surface area (Å²) < 4.78 is 144. The number of benzene rings is 6. The summed E-state index contributed by atoms with van der Waals surface area (Å²) in [7, 11) is 0. The summed E-state index contributed by atoms with van der Waals surface area (Å²) in [6.07, 6.45) is 0.732. The van der Waals surface area contributed by atoms with E-state index in [1.54, 1.807) is 30.3 Å². The number of ether oxygens (including phenoxy) is 1. The Morgan fingerprint density at radius 3 is 1.97 bits per heavy atom. The molecule has 0 saturated heterocycles. The fourth-order valence-electron chi connectivity index (χ4n) is 10.4. The van der Waals surface area contributed by atoms with E-state index in [1.165, 1.54) is 13.8 Å². The Labute approximate surface area is 402 Å². The zero-order valence-electron chi connectivity index (χ0n) is 52.5. The van der Waals surface area contributed by atoms with Crippen LogP contribution in [0.5, 0.6) is 5.75 Å². The monoisotopic (exact) mass is 856 g/mol. The van der Waals surface area contributed by atoms with Gasteiger partial charge in [-0.1, -0.05) is 167 Å². The minimum Gasteiger partial charge on any atom is -0.410 e. The van der Waals surface area contributed by atoms with Gasteiger partial charge in [0.05, 0.1) is 22.6 Å². The van der Waals surface area contributed by atoms with E-state index in [0.29, 0.717) is 28.3 Å². The molecule has 0 N–H and O–H groups in total. The van der Waals surface area contributed by atoms with Gasteiger partial charge in [0.1, 0.15) is 17.5 Å². The standard InChI is InChI=1S/C60H62N3O/c1-36-22-24-37(25-23-36)39-28-29-61-51(30-39)46-33-41(57(5,6)7)32-45-43-20-17-21-50-53(43)63-55(62(50)49-27-26-40(56(2,3)4)31-44(49)38-18-15-14-16-19-38)47-34-42(58(8,9)10)35-48(59(11,12)13)54(47)64-60(61,63)52(45)46/h14-35,55H,1-13H3/q+1/i1D3,8D3,11D3,12D3,13D3. The van der Waals surface area contributed by atoms with E-state index in [-0.39, 0.29) is 27.9 Å². The summed E-state index contributed by atoms with van der Waals surface area (Å²) >= 11 is 0. The lowest BCUT2D eigenvalue weighted by molar-refractivity contribution is -0.774. The molecule has 0 saturated carbocycles. The molecule has 0 bridgehead atoms. The molecule has 0 amide bonds. The molecule has 4 aliphatic rings. The Morgan fingerprint density at radius 1 is 0.562 bits per heavy atom. The maximum atomic E-state index is 9.24. The predicted molar refractivity (Wildman–Crippen MR) is 266 cm³/mol. The number of anilines is 3. The van der Waals surface area contributed by atoms with Crippen molar-refractivity contribution >= 4 is 17.1 Å². The normalized spacial score (nSPS) is 22.5. The molecular weight excluding hydrogens is 779 g/mol. The van der Waals surface area contributed by atoms with Gasteiger partial charge in [0.2, 0.25) is 5.69 Å². The average Bonchev–Trinajstić information content (AvgIpc) is 1.98. The van der Waals surface area contributed by atoms with Crippen LogP contribution in [-0.2, 0) is 27.5 Å². The van der Waals surface area contributed by atoms with Crippen LogP contribution in [0.3, 0.4) is 0 Å². The second kappa shape index (κ2) is 13.2. The molecule has 4 aliphatic heterocycles. The number of rotatable bonds is 3. The fourth-order valence-corrected chi connectivity index (χ4v) is 10.4. The third-order valence-corrected chi connectivity index (χ3v) is 13.7. The zero-order valence-corrected chi connectivity index (χ0v) is 37.5. The van der Waals surface area contributed by atoms with Gasteiger partial charge in [-0.25, -0.2) is 4.90 Å². The van der Waals surface area contributed by atoms with Crippen molar-refractivity contribution in [3.8, 4) is 50.4 Å². The predicted octanol–water partition coefficient (Wildman–Crippen LogP) is 15.2. The van der Waals surface area contributed by atoms with Crippen molar-refractivity contribution in [2.75, 3.05) is 9.80 Å². The first-order valence-corrected chi connectivity index (χ1v) is 22.0. The summed E-state index contributed by atoms with van der Waals surface area (Å²) in [5.74, 6) is -2.18. The molecule has 4 heteroatoms. The highest BCUT2D eigenvalue weighted by molar-refractivity contribution is 6.03. The topological polar surface area (TPSA) is 19.6 Å². The van der Waals surface area contributed by atoms with Gasteiger partial charge in [-0.05, 0) is 98.3 Å². The van der Waals surface area contributed by atoms with Crippen LogP contribution in [0.25, 0.3) is 44.6 Å². The first-order valence-electron chi connectivity index (χ1n) is 29.5. The van der Waals surface area contributed by atoms with Gasteiger partial charge in [0.25, 0.3) is 0 Å². The molecule has 7 aromatic rings. The third-order valence-electron chi connectivity index (χ3n) is 13.7. The molecule has 5 heterocycles. The number of hydrogen-bond acceptors (Lipinski definition) is 3. The lowest BCUT2D eigenvalue weighted by Crippen LogP contribution is -2.71. The number of nitrogens with zero attached hydrogens (tertiary/aromatic N) is 3. The molecule has 2 unspecified atom stereocenters. The van der Waals surface area contributed by atoms with Crippen LogP contribution in [0.15, 0.2) is 134 Å². The summed E-state index contributed by atoms with van der Waals surface area (Å²) in [5, 5.41) is 0. The van der Waals surface area contributed by atoms with E-state index in [9.17, 15) is 12.3 Å². The highest BCUT2D eigenvalue weighted by atomic mass is 16.5. The molecule has 11 rings (SSSR count). The van der Waals surface area contributed by atoms with E-state index >= 15 is 0 Å². The molecule has 0 radical (unpaired) electrons. The van der Waals surface area contributed by atoms with Crippen LogP contribution in [0.1, 0.15) is 148 Å². The number of hydrogen-bond donors (Lipinski definition) is 0. The van der Waals surface area contributed by atoms with Crippen LogP contribution in [0, 0.1) is 6.85 Å².